The maximum absolute atomic E-state index is 14.7. The number of likely N-dealkylation sites (tertiary alicyclic amines) is 1. The van der Waals surface area contributed by atoms with Crippen LogP contribution in [0.25, 0.3) is 10.9 Å². The number of H-pyrrole nitrogens is 1. The number of rotatable bonds is 29. The van der Waals surface area contributed by atoms with Crippen LogP contribution >= 0.6 is 0 Å². The molecule has 2 aliphatic rings. The summed E-state index contributed by atoms with van der Waals surface area (Å²) in [6, 6.07) is 6.76. The SMILES string of the molecule is CC[C@H](C)[C@@H]([C@@H](CC(=O)N1CCC[C@H]1[C@H](OC)[C@@H](C)C(=O)C[C@@H](Cc1c[nH]c2ccccc12)C(=O)N1CCCCO1)OC)N(C)C(=O)[C@@H](CC(=O)[C@H](C(C)C)N(C)CCCCCC(C)=O)C(C)C. The lowest BCUT2D eigenvalue weighted by Crippen LogP contribution is -2.54. The zero-order valence-electron chi connectivity index (χ0n) is 43.7. The number of amides is 3. The summed E-state index contributed by atoms with van der Waals surface area (Å²) in [7, 11) is 6.92. The number of nitrogens with one attached hydrogen (secondary N) is 1. The third kappa shape index (κ3) is 15.0. The summed E-state index contributed by atoms with van der Waals surface area (Å²) in [5.74, 6) is -2.26. The number of aromatic nitrogens is 1. The maximum atomic E-state index is 14.7. The van der Waals surface area contributed by atoms with Crippen molar-refractivity contribution in [3.8, 4) is 0 Å². The van der Waals surface area contributed by atoms with Crippen molar-refractivity contribution >= 4 is 46.0 Å². The highest BCUT2D eigenvalue weighted by Crippen LogP contribution is 2.33. The highest BCUT2D eigenvalue weighted by atomic mass is 16.7. The lowest BCUT2D eigenvalue weighted by Gasteiger charge is -2.41. The van der Waals surface area contributed by atoms with Crippen LogP contribution in [0.2, 0.25) is 0 Å². The van der Waals surface area contributed by atoms with Gasteiger partial charge in [-0.25, -0.2) is 5.06 Å². The smallest absolute Gasteiger partial charge is 0.250 e. The standard InChI is InChI=1S/C54H87N5O9/c1-13-37(6)51(57(10)54(65)43(35(2)3)32-47(62)50(36(4)5)56(9)26-18-14-15-22-38(7)60)48(66-11)33-49(63)58-27-21-25-45(58)52(67-12)39(8)46(61)31-40(53(64)59-28-19-20-29-68-59)30-41-34-55-44-24-17-16-23-42(41)44/h16-17,23-24,34-37,39-40,43,45,48,50-52,55H,13-15,18-22,25-33H2,1-12H3/t37-,39-,40+,43-,45-,48+,50-,51-,52+/m0/s1. The van der Waals surface area contributed by atoms with Crippen LogP contribution in [-0.2, 0) is 49.5 Å². The van der Waals surface area contributed by atoms with Gasteiger partial charge in [0, 0.05) is 82.6 Å². The van der Waals surface area contributed by atoms with E-state index in [1.807, 2.05) is 77.0 Å². The number of aromatic amines is 1. The number of benzene rings is 1. The maximum Gasteiger partial charge on any atom is 0.250 e. The molecule has 9 atom stereocenters. The quantitative estimate of drug-likeness (QED) is 0.0791. The Labute approximate surface area is 407 Å². The second-order valence-electron chi connectivity index (χ2n) is 20.7. The number of fused-ring (bicyclic) bond motifs is 1. The fourth-order valence-corrected chi connectivity index (χ4v) is 10.9. The van der Waals surface area contributed by atoms with Crippen molar-refractivity contribution < 1.29 is 43.1 Å². The Morgan fingerprint density at radius 2 is 1.57 bits per heavy atom. The lowest BCUT2D eigenvalue weighted by molar-refractivity contribution is -0.201. The Morgan fingerprint density at radius 3 is 2.19 bits per heavy atom. The average molecular weight is 950 g/mol. The molecule has 1 N–H and O–H groups in total. The molecule has 68 heavy (non-hydrogen) atoms. The highest BCUT2D eigenvalue weighted by molar-refractivity contribution is 5.91. The van der Waals surface area contributed by atoms with Gasteiger partial charge in [-0.3, -0.25) is 33.7 Å². The van der Waals surface area contributed by atoms with Gasteiger partial charge in [0.25, 0.3) is 0 Å². The van der Waals surface area contributed by atoms with Crippen molar-refractivity contribution in [2.45, 2.75) is 169 Å². The number of carbonyl (C=O) groups is 6. The minimum Gasteiger partial charge on any atom is -0.379 e. The number of likely N-dealkylation sites (N-methyl/N-ethyl adjacent to an activating group) is 2. The summed E-state index contributed by atoms with van der Waals surface area (Å²) < 4.78 is 12.3. The average Bonchev–Trinajstić information content (AvgIpc) is 3.97. The van der Waals surface area contributed by atoms with Gasteiger partial charge >= 0.3 is 0 Å². The van der Waals surface area contributed by atoms with E-state index in [4.69, 9.17) is 14.3 Å². The minimum atomic E-state index is -0.646. The molecule has 0 radical (unpaired) electrons. The van der Waals surface area contributed by atoms with E-state index in [9.17, 15) is 28.8 Å². The van der Waals surface area contributed by atoms with Crippen LogP contribution in [0, 0.1) is 35.5 Å². The topological polar surface area (TPSA) is 159 Å². The highest BCUT2D eigenvalue weighted by Gasteiger charge is 2.44. The predicted octanol–water partition coefficient (Wildman–Crippen LogP) is 8.10. The molecular weight excluding hydrogens is 863 g/mol. The Morgan fingerprint density at radius 1 is 0.853 bits per heavy atom. The molecule has 1 aromatic carbocycles. The largest absolute Gasteiger partial charge is 0.379 e. The lowest BCUT2D eigenvalue weighted by atomic mass is 9.83. The van der Waals surface area contributed by atoms with Crippen molar-refractivity contribution in [2.24, 2.45) is 35.5 Å². The molecule has 14 nitrogen and oxygen atoms in total. The Balaban J connectivity index is 1.48. The molecule has 2 fully saturated rings. The number of nitrogens with zero attached hydrogens (tertiary/aromatic N) is 4. The zero-order chi connectivity index (χ0) is 50.2. The predicted molar refractivity (Wildman–Crippen MR) is 266 cm³/mol. The fourth-order valence-electron chi connectivity index (χ4n) is 10.9. The second kappa shape index (κ2) is 27.4. The van der Waals surface area contributed by atoms with Gasteiger partial charge in [0.05, 0.1) is 49.3 Å². The molecule has 0 bridgehead atoms. The second-order valence-corrected chi connectivity index (χ2v) is 20.7. The molecule has 0 saturated carbocycles. The van der Waals surface area contributed by atoms with E-state index in [0.717, 1.165) is 68.0 Å². The molecular formula is C54H87N5O9. The first-order valence-corrected chi connectivity index (χ1v) is 25.7. The monoisotopic (exact) mass is 950 g/mol. The Kier molecular flexibility index (Phi) is 22.8. The number of ether oxygens (including phenoxy) is 2. The number of ketones is 3. The van der Waals surface area contributed by atoms with Crippen LogP contribution in [-0.4, -0.2) is 145 Å². The molecule has 1 aromatic heterocycles. The van der Waals surface area contributed by atoms with Crippen LogP contribution in [0.1, 0.15) is 138 Å². The van der Waals surface area contributed by atoms with Gasteiger partial charge in [-0.1, -0.05) is 79.5 Å². The van der Waals surface area contributed by atoms with E-state index in [1.165, 1.54) is 5.06 Å². The van der Waals surface area contributed by atoms with Crippen molar-refractivity contribution in [1.29, 1.82) is 0 Å². The molecule has 14 heteroatoms. The Hall–Kier alpha value is -3.98. The number of hydrogen-bond donors (Lipinski definition) is 1. The van der Waals surface area contributed by atoms with Crippen molar-refractivity contribution in [2.75, 3.05) is 54.6 Å². The van der Waals surface area contributed by atoms with Crippen LogP contribution in [0.3, 0.4) is 0 Å². The summed E-state index contributed by atoms with van der Waals surface area (Å²) in [4.78, 5) is 98.0. The molecule has 0 unspecified atom stereocenters. The van der Waals surface area contributed by atoms with Gasteiger partial charge in [0.1, 0.15) is 11.6 Å². The summed E-state index contributed by atoms with van der Waals surface area (Å²) in [6.07, 6.45) is 8.23. The normalized spacial score (nSPS) is 19.2. The van der Waals surface area contributed by atoms with Crippen molar-refractivity contribution in [3.63, 3.8) is 0 Å². The van der Waals surface area contributed by atoms with Gasteiger partial charge in [-0.2, -0.15) is 0 Å². The van der Waals surface area contributed by atoms with Crippen LogP contribution < -0.4 is 0 Å². The zero-order valence-corrected chi connectivity index (χ0v) is 43.7. The van der Waals surface area contributed by atoms with E-state index in [1.54, 1.807) is 33.1 Å². The molecule has 3 heterocycles. The summed E-state index contributed by atoms with van der Waals surface area (Å²) in [5, 5.41) is 2.45. The number of hydroxylamine groups is 2. The van der Waals surface area contributed by atoms with E-state index in [0.29, 0.717) is 39.0 Å². The van der Waals surface area contributed by atoms with E-state index >= 15 is 0 Å². The van der Waals surface area contributed by atoms with Gasteiger partial charge in [-0.05, 0) is 94.8 Å². The van der Waals surface area contributed by atoms with Crippen LogP contribution in [0.4, 0.5) is 0 Å². The summed E-state index contributed by atoms with van der Waals surface area (Å²) >= 11 is 0. The van der Waals surface area contributed by atoms with Crippen LogP contribution in [0.15, 0.2) is 30.5 Å². The molecule has 0 aliphatic carbocycles. The Bertz CT molecular complexity index is 1940. The molecule has 0 spiro atoms. The van der Waals surface area contributed by atoms with Gasteiger partial charge in [0.2, 0.25) is 17.7 Å². The number of carbonyl (C=O) groups excluding carboxylic acids is 6. The summed E-state index contributed by atoms with van der Waals surface area (Å²) in [5.41, 5.74) is 1.93. The van der Waals surface area contributed by atoms with Crippen molar-refractivity contribution in [1.82, 2.24) is 24.7 Å². The number of para-hydroxylation sites is 1. The van der Waals surface area contributed by atoms with Gasteiger partial charge < -0.3 is 29.1 Å². The molecule has 2 saturated heterocycles. The summed E-state index contributed by atoms with van der Waals surface area (Å²) in [6.45, 7) is 17.8. The van der Waals surface area contributed by atoms with E-state index in [-0.39, 0.29) is 84.2 Å². The number of Topliss-reactive ketones (excluding diaryl/α,β-unsaturated/α-hetero) is 3. The van der Waals surface area contributed by atoms with Crippen LogP contribution in [0.5, 0.6) is 0 Å². The van der Waals surface area contributed by atoms with E-state index in [2.05, 4.69) is 23.7 Å². The van der Waals surface area contributed by atoms with Gasteiger partial charge in [0.15, 0.2) is 5.78 Å². The first kappa shape index (κ1) is 56.6. The molecule has 4 rings (SSSR count). The third-order valence-corrected chi connectivity index (χ3v) is 15.1. The number of hydrogen-bond acceptors (Lipinski definition) is 10. The minimum absolute atomic E-state index is 0.00354. The first-order valence-electron chi connectivity index (χ1n) is 25.7. The molecule has 2 aliphatic heterocycles. The van der Waals surface area contributed by atoms with Crippen molar-refractivity contribution in [3.05, 3.63) is 36.0 Å². The fraction of sp³-hybridized carbons (Fsp3) is 0.741. The molecule has 382 valence electrons. The van der Waals surface area contributed by atoms with E-state index < -0.39 is 36.0 Å². The third-order valence-electron chi connectivity index (χ3n) is 15.1. The number of unbranched alkanes of at least 4 members (excludes halogenated alkanes) is 2. The van der Waals surface area contributed by atoms with Gasteiger partial charge in [-0.15, -0.1) is 0 Å². The molecule has 3 amide bonds. The first-order chi connectivity index (χ1) is 32.4. The molecule has 2 aromatic rings. The number of methoxy groups -OCH3 is 2.